The topological polar surface area (TPSA) is 106 Å². The Morgan fingerprint density at radius 3 is 2.54 bits per heavy atom. The Labute approximate surface area is 150 Å². The molecule has 1 aromatic heterocycles. The number of aromatic nitrogens is 1. The molecule has 26 heavy (non-hydrogen) atoms. The first kappa shape index (κ1) is 18.0. The smallest absolute Gasteiger partial charge is 0.240 e. The van der Waals surface area contributed by atoms with Gasteiger partial charge in [0.25, 0.3) is 0 Å². The molecule has 9 heteroatoms. The lowest BCUT2D eigenvalue weighted by molar-refractivity contribution is -0.121. The first-order valence-electron chi connectivity index (χ1n) is 7.85. The van der Waals surface area contributed by atoms with Crippen LogP contribution in [0.1, 0.15) is 18.4 Å². The summed E-state index contributed by atoms with van der Waals surface area (Å²) in [6, 6.07) is 7.51. The third-order valence-electron chi connectivity index (χ3n) is 3.94. The molecule has 0 spiro atoms. The molecule has 0 bridgehead atoms. The van der Waals surface area contributed by atoms with Gasteiger partial charge in [-0.3, -0.25) is 14.6 Å². The summed E-state index contributed by atoms with van der Waals surface area (Å²) >= 11 is 0. The molecular weight excluding hydrogens is 358 g/mol. The molecule has 0 atom stereocenters. The van der Waals surface area contributed by atoms with Crippen LogP contribution >= 0.6 is 0 Å². The van der Waals surface area contributed by atoms with Gasteiger partial charge in [-0.25, -0.2) is 18.0 Å². The van der Waals surface area contributed by atoms with Crippen molar-refractivity contribution in [2.45, 2.75) is 24.3 Å². The molecule has 0 aliphatic carbocycles. The number of methoxy groups -OCH3 is 1. The second-order valence-corrected chi connectivity index (χ2v) is 7.41. The van der Waals surface area contributed by atoms with E-state index in [0.29, 0.717) is 5.56 Å². The maximum absolute atomic E-state index is 12.6. The summed E-state index contributed by atoms with van der Waals surface area (Å²) in [5.74, 6) is -0.517. The van der Waals surface area contributed by atoms with Crippen LogP contribution in [0.2, 0.25) is 0 Å². The fraction of sp³-hybridized carbons (Fsp3) is 0.235. The Morgan fingerprint density at radius 1 is 1.19 bits per heavy atom. The monoisotopic (exact) mass is 375 g/mol. The SMILES string of the molecule is COc1ccc(S(=O)(=O)NCc2cccnc2)cc1N1C(=O)CCC1=O. The van der Waals surface area contributed by atoms with Gasteiger partial charge in [-0.1, -0.05) is 6.07 Å². The van der Waals surface area contributed by atoms with Crippen molar-refractivity contribution in [3.63, 3.8) is 0 Å². The van der Waals surface area contributed by atoms with Gasteiger partial charge in [0.1, 0.15) is 5.75 Å². The molecule has 1 aliphatic heterocycles. The summed E-state index contributed by atoms with van der Waals surface area (Å²) in [4.78, 5) is 28.8. The zero-order valence-electron chi connectivity index (χ0n) is 14.0. The van der Waals surface area contributed by atoms with Crippen molar-refractivity contribution in [3.8, 4) is 5.75 Å². The van der Waals surface area contributed by atoms with Gasteiger partial charge in [0.2, 0.25) is 21.8 Å². The number of benzene rings is 1. The zero-order chi connectivity index (χ0) is 18.7. The summed E-state index contributed by atoms with van der Waals surface area (Å²) in [5, 5.41) is 0. The Morgan fingerprint density at radius 2 is 1.92 bits per heavy atom. The predicted molar refractivity (Wildman–Crippen MR) is 93.0 cm³/mol. The van der Waals surface area contributed by atoms with Gasteiger partial charge in [-0.2, -0.15) is 0 Å². The van der Waals surface area contributed by atoms with Crippen molar-refractivity contribution in [2.24, 2.45) is 0 Å². The molecule has 0 saturated carbocycles. The van der Waals surface area contributed by atoms with Crippen LogP contribution in [0.15, 0.2) is 47.6 Å². The van der Waals surface area contributed by atoms with Crippen LogP contribution in [-0.2, 0) is 26.2 Å². The summed E-state index contributed by atoms with van der Waals surface area (Å²) in [6.45, 7) is 0.0686. The summed E-state index contributed by atoms with van der Waals surface area (Å²) < 4.78 is 32.8. The van der Waals surface area contributed by atoms with Gasteiger partial charge in [0, 0.05) is 31.8 Å². The molecule has 1 N–H and O–H groups in total. The van der Waals surface area contributed by atoms with Crippen LogP contribution in [0.5, 0.6) is 5.75 Å². The van der Waals surface area contributed by atoms with Crippen LogP contribution in [0.4, 0.5) is 5.69 Å². The van der Waals surface area contributed by atoms with Crippen molar-refractivity contribution in [2.75, 3.05) is 12.0 Å². The van der Waals surface area contributed by atoms with E-state index in [4.69, 9.17) is 4.74 Å². The van der Waals surface area contributed by atoms with E-state index >= 15 is 0 Å². The number of imide groups is 1. The average Bonchev–Trinajstić information content (AvgIpc) is 2.98. The summed E-state index contributed by atoms with van der Waals surface area (Å²) in [5.41, 5.74) is 0.832. The highest BCUT2D eigenvalue weighted by atomic mass is 32.2. The molecule has 8 nitrogen and oxygen atoms in total. The number of hydrogen-bond donors (Lipinski definition) is 1. The van der Waals surface area contributed by atoms with E-state index in [-0.39, 0.29) is 47.5 Å². The number of amides is 2. The third kappa shape index (κ3) is 3.58. The predicted octanol–water partition coefficient (Wildman–Crippen LogP) is 1.22. The molecule has 136 valence electrons. The van der Waals surface area contributed by atoms with Crippen LogP contribution < -0.4 is 14.4 Å². The Kier molecular flexibility index (Phi) is 5.01. The summed E-state index contributed by atoms with van der Waals surface area (Å²) in [7, 11) is -2.47. The minimum atomic E-state index is -3.85. The van der Waals surface area contributed by atoms with Crippen LogP contribution in [0, 0.1) is 0 Å². The lowest BCUT2D eigenvalue weighted by atomic mass is 10.2. The Bertz CT molecular complexity index is 928. The van der Waals surface area contributed by atoms with E-state index in [1.165, 1.54) is 25.3 Å². The maximum Gasteiger partial charge on any atom is 0.240 e. The van der Waals surface area contributed by atoms with Crippen molar-refractivity contribution >= 4 is 27.5 Å². The third-order valence-corrected chi connectivity index (χ3v) is 5.34. The van der Waals surface area contributed by atoms with E-state index in [0.717, 1.165) is 4.90 Å². The highest BCUT2D eigenvalue weighted by Crippen LogP contribution is 2.34. The molecule has 3 rings (SSSR count). The number of ether oxygens (including phenoxy) is 1. The Balaban J connectivity index is 1.91. The normalized spacial score (nSPS) is 14.7. The van der Waals surface area contributed by atoms with E-state index in [2.05, 4.69) is 9.71 Å². The highest BCUT2D eigenvalue weighted by molar-refractivity contribution is 7.89. The van der Waals surface area contributed by atoms with Crippen LogP contribution in [-0.4, -0.2) is 32.3 Å². The van der Waals surface area contributed by atoms with Gasteiger partial charge in [-0.05, 0) is 29.8 Å². The quantitative estimate of drug-likeness (QED) is 0.761. The minimum Gasteiger partial charge on any atom is -0.495 e. The fourth-order valence-electron chi connectivity index (χ4n) is 2.62. The first-order valence-corrected chi connectivity index (χ1v) is 9.33. The molecule has 1 fully saturated rings. The molecule has 0 unspecified atom stereocenters. The maximum atomic E-state index is 12.6. The average molecular weight is 375 g/mol. The van der Waals surface area contributed by atoms with Crippen molar-refractivity contribution in [3.05, 3.63) is 48.3 Å². The summed E-state index contributed by atoms with van der Waals surface area (Å²) in [6.07, 6.45) is 3.35. The van der Waals surface area contributed by atoms with Crippen molar-refractivity contribution in [1.82, 2.24) is 9.71 Å². The Hall–Kier alpha value is -2.78. The highest BCUT2D eigenvalue weighted by Gasteiger charge is 2.33. The number of carbonyl (C=O) groups excluding carboxylic acids is 2. The number of rotatable bonds is 6. The van der Waals surface area contributed by atoms with Crippen molar-refractivity contribution in [1.29, 1.82) is 0 Å². The van der Waals surface area contributed by atoms with E-state index in [9.17, 15) is 18.0 Å². The molecule has 0 radical (unpaired) electrons. The minimum absolute atomic E-state index is 0.0651. The molecule has 1 aliphatic rings. The number of carbonyl (C=O) groups is 2. The molecule has 2 heterocycles. The van der Waals surface area contributed by atoms with Crippen LogP contribution in [0.25, 0.3) is 0 Å². The van der Waals surface area contributed by atoms with Gasteiger partial charge in [-0.15, -0.1) is 0 Å². The van der Waals surface area contributed by atoms with Gasteiger partial charge in [0.05, 0.1) is 17.7 Å². The fourth-order valence-corrected chi connectivity index (χ4v) is 3.66. The van der Waals surface area contributed by atoms with Crippen LogP contribution in [0.3, 0.4) is 0 Å². The molecule has 1 saturated heterocycles. The van der Waals surface area contributed by atoms with Gasteiger partial charge in [0.15, 0.2) is 0 Å². The lowest BCUT2D eigenvalue weighted by Crippen LogP contribution is -2.29. The standard InChI is InChI=1S/C17H17N3O5S/c1-25-15-5-4-13(9-14(15)20-16(21)6-7-17(20)22)26(23,24)19-11-12-3-2-8-18-10-12/h2-5,8-10,19H,6-7,11H2,1H3. The zero-order valence-corrected chi connectivity index (χ0v) is 14.8. The molecule has 1 aromatic carbocycles. The lowest BCUT2D eigenvalue weighted by Gasteiger charge is -2.18. The first-order chi connectivity index (χ1) is 12.4. The van der Waals surface area contributed by atoms with E-state index in [1.54, 1.807) is 24.5 Å². The second kappa shape index (κ2) is 7.22. The largest absolute Gasteiger partial charge is 0.495 e. The number of sulfonamides is 1. The molecular formula is C17H17N3O5S. The van der Waals surface area contributed by atoms with E-state index in [1.807, 2.05) is 0 Å². The number of nitrogens with one attached hydrogen (secondary N) is 1. The van der Waals surface area contributed by atoms with Gasteiger partial charge < -0.3 is 4.74 Å². The number of pyridine rings is 1. The second-order valence-electron chi connectivity index (χ2n) is 5.64. The number of hydrogen-bond acceptors (Lipinski definition) is 6. The van der Waals surface area contributed by atoms with Crippen molar-refractivity contribution < 1.29 is 22.7 Å². The number of nitrogens with zero attached hydrogens (tertiary/aromatic N) is 2. The molecule has 2 amide bonds. The van der Waals surface area contributed by atoms with E-state index < -0.39 is 10.0 Å². The molecule has 2 aromatic rings. The van der Waals surface area contributed by atoms with Gasteiger partial charge >= 0.3 is 0 Å². The number of anilines is 1.